The van der Waals surface area contributed by atoms with Crippen LogP contribution in [0.1, 0.15) is 25.8 Å². The van der Waals surface area contributed by atoms with E-state index in [-0.39, 0.29) is 11.2 Å². The third-order valence-corrected chi connectivity index (χ3v) is 3.78. The Bertz CT molecular complexity index is 456. The van der Waals surface area contributed by atoms with Crippen LogP contribution in [-0.4, -0.2) is 33.8 Å². The average molecular weight is 268 g/mol. The van der Waals surface area contributed by atoms with E-state index >= 15 is 0 Å². The number of rotatable bonds is 4. The summed E-state index contributed by atoms with van der Waals surface area (Å²) in [5.74, 6) is -0.315. The number of urea groups is 1. The Hall–Kier alpha value is -1.50. The van der Waals surface area contributed by atoms with Gasteiger partial charge in [-0.15, -0.1) is 0 Å². The second-order valence-corrected chi connectivity index (χ2v) is 5.48. The second kappa shape index (κ2) is 5.43. The number of carbonyl (C=O) groups excluding carboxylic acids is 2. The average Bonchev–Trinajstić information content (AvgIpc) is 3.10. The molecule has 1 saturated carbocycles. The zero-order valence-corrected chi connectivity index (χ0v) is 11.2. The molecule has 1 atom stereocenters. The van der Waals surface area contributed by atoms with Gasteiger partial charge in [-0.3, -0.25) is 10.1 Å². The number of hydrogen-bond donors (Lipinski definition) is 2. The molecule has 3 amide bonds. The van der Waals surface area contributed by atoms with Crippen LogP contribution in [0.2, 0.25) is 0 Å². The van der Waals surface area contributed by atoms with Crippen LogP contribution < -0.4 is 10.6 Å². The molecule has 0 saturated heterocycles. The summed E-state index contributed by atoms with van der Waals surface area (Å²) in [6, 6.07) is 0.0437. The Labute approximate surface area is 110 Å². The summed E-state index contributed by atoms with van der Waals surface area (Å²) >= 11 is 1.37. The lowest BCUT2D eigenvalue weighted by atomic mass is 10.4. The van der Waals surface area contributed by atoms with E-state index in [0.717, 1.165) is 5.16 Å². The van der Waals surface area contributed by atoms with E-state index in [1.54, 1.807) is 13.1 Å². The number of amides is 3. The Morgan fingerprint density at radius 1 is 1.56 bits per heavy atom. The lowest BCUT2D eigenvalue weighted by Crippen LogP contribution is -2.41. The number of nitrogens with zero attached hydrogens (tertiary/aromatic N) is 2. The van der Waals surface area contributed by atoms with Crippen molar-refractivity contribution in [3.05, 3.63) is 12.4 Å². The first-order valence-corrected chi connectivity index (χ1v) is 6.72. The molecular weight excluding hydrogens is 252 g/mol. The van der Waals surface area contributed by atoms with Gasteiger partial charge in [-0.1, -0.05) is 11.8 Å². The molecule has 7 heteroatoms. The smallest absolute Gasteiger partial charge is 0.321 e. The molecule has 1 heterocycles. The number of thioether (sulfide) groups is 1. The summed E-state index contributed by atoms with van der Waals surface area (Å²) in [4.78, 5) is 27.0. The van der Waals surface area contributed by atoms with E-state index in [4.69, 9.17) is 0 Å². The van der Waals surface area contributed by atoms with Crippen LogP contribution in [0.4, 0.5) is 4.79 Å². The molecule has 6 nitrogen and oxygen atoms in total. The van der Waals surface area contributed by atoms with E-state index in [1.165, 1.54) is 31.7 Å². The molecule has 0 bridgehead atoms. The third-order valence-electron chi connectivity index (χ3n) is 2.69. The molecule has 0 radical (unpaired) electrons. The van der Waals surface area contributed by atoms with Crippen LogP contribution in [0.5, 0.6) is 0 Å². The number of carbonyl (C=O) groups is 2. The molecular formula is C11H16N4O2S. The molecule has 1 aliphatic carbocycles. The van der Waals surface area contributed by atoms with E-state index in [2.05, 4.69) is 20.2 Å². The van der Waals surface area contributed by atoms with Crippen molar-refractivity contribution in [2.45, 2.75) is 36.2 Å². The van der Waals surface area contributed by atoms with Crippen molar-refractivity contribution in [3.8, 4) is 0 Å². The summed E-state index contributed by atoms with van der Waals surface area (Å²) < 4.78 is 2.09. The molecule has 1 aliphatic rings. The van der Waals surface area contributed by atoms with Gasteiger partial charge in [0.2, 0.25) is 5.91 Å². The van der Waals surface area contributed by atoms with Crippen molar-refractivity contribution in [2.75, 3.05) is 7.05 Å². The van der Waals surface area contributed by atoms with Gasteiger partial charge in [-0.25, -0.2) is 9.78 Å². The highest BCUT2D eigenvalue weighted by Gasteiger charge is 2.27. The molecule has 18 heavy (non-hydrogen) atoms. The molecule has 1 aromatic heterocycles. The van der Waals surface area contributed by atoms with E-state index in [0.29, 0.717) is 6.04 Å². The molecule has 0 aliphatic heterocycles. The number of hydrogen-bond acceptors (Lipinski definition) is 4. The fraction of sp³-hybridized carbons (Fsp3) is 0.545. The van der Waals surface area contributed by atoms with Crippen molar-refractivity contribution in [3.63, 3.8) is 0 Å². The van der Waals surface area contributed by atoms with Gasteiger partial charge in [0, 0.05) is 25.5 Å². The molecule has 2 N–H and O–H groups in total. The van der Waals surface area contributed by atoms with Crippen molar-refractivity contribution < 1.29 is 9.59 Å². The molecule has 1 unspecified atom stereocenters. The highest BCUT2D eigenvalue weighted by molar-refractivity contribution is 8.00. The standard InChI is InChI=1S/C11H16N4O2S/c1-7(9(16)14-10(17)12-2)18-11-13-5-6-15(11)8-3-4-8/h5-8H,3-4H2,1-2H3,(H2,12,14,16,17). The lowest BCUT2D eigenvalue weighted by molar-refractivity contribution is -0.119. The van der Waals surface area contributed by atoms with Crippen molar-refractivity contribution >= 4 is 23.7 Å². The van der Waals surface area contributed by atoms with Gasteiger partial charge >= 0.3 is 6.03 Å². The van der Waals surface area contributed by atoms with E-state index in [1.807, 2.05) is 6.20 Å². The maximum Gasteiger partial charge on any atom is 0.321 e. The predicted molar refractivity (Wildman–Crippen MR) is 68.4 cm³/mol. The van der Waals surface area contributed by atoms with Crippen LogP contribution in [0.15, 0.2) is 17.6 Å². The highest BCUT2D eigenvalue weighted by Crippen LogP contribution is 2.38. The summed E-state index contributed by atoms with van der Waals surface area (Å²) in [6.45, 7) is 1.76. The first-order valence-electron chi connectivity index (χ1n) is 5.84. The van der Waals surface area contributed by atoms with Gasteiger partial charge in [0.25, 0.3) is 0 Å². The normalized spacial score (nSPS) is 16.1. The lowest BCUT2D eigenvalue weighted by Gasteiger charge is -2.11. The molecule has 1 fully saturated rings. The summed E-state index contributed by atoms with van der Waals surface area (Å²) in [6.07, 6.45) is 6.01. The Kier molecular flexibility index (Phi) is 3.90. The maximum absolute atomic E-state index is 11.7. The first-order chi connectivity index (χ1) is 8.61. The number of nitrogens with one attached hydrogen (secondary N) is 2. The quantitative estimate of drug-likeness (QED) is 0.803. The van der Waals surface area contributed by atoms with Crippen LogP contribution in [0, 0.1) is 0 Å². The van der Waals surface area contributed by atoms with Crippen LogP contribution in [0.25, 0.3) is 0 Å². The molecule has 0 spiro atoms. The molecule has 1 aromatic rings. The summed E-state index contributed by atoms with van der Waals surface area (Å²) in [5.41, 5.74) is 0. The number of imide groups is 1. The van der Waals surface area contributed by atoms with Crippen molar-refractivity contribution in [1.82, 2.24) is 20.2 Å². The Morgan fingerprint density at radius 2 is 2.28 bits per heavy atom. The first kappa shape index (κ1) is 12.9. The minimum atomic E-state index is -0.488. The monoisotopic (exact) mass is 268 g/mol. The largest absolute Gasteiger partial charge is 0.341 e. The maximum atomic E-state index is 11.7. The van der Waals surface area contributed by atoms with E-state index < -0.39 is 6.03 Å². The van der Waals surface area contributed by atoms with Gasteiger partial charge < -0.3 is 9.88 Å². The fourth-order valence-electron chi connectivity index (χ4n) is 1.51. The fourth-order valence-corrected chi connectivity index (χ4v) is 2.44. The SMILES string of the molecule is CNC(=O)NC(=O)C(C)Sc1nccn1C1CC1. The van der Waals surface area contributed by atoms with Crippen molar-refractivity contribution in [2.24, 2.45) is 0 Å². The number of imidazole rings is 1. The minimum absolute atomic E-state index is 0.315. The van der Waals surface area contributed by atoms with Crippen LogP contribution >= 0.6 is 11.8 Å². The molecule has 98 valence electrons. The van der Waals surface area contributed by atoms with E-state index in [9.17, 15) is 9.59 Å². The van der Waals surface area contributed by atoms with Gasteiger partial charge in [0.15, 0.2) is 5.16 Å². The summed E-state index contributed by atoms with van der Waals surface area (Å²) in [5, 5.41) is 5.08. The van der Waals surface area contributed by atoms with Gasteiger partial charge in [0.1, 0.15) is 0 Å². The van der Waals surface area contributed by atoms with Gasteiger partial charge in [-0.05, 0) is 19.8 Å². The van der Waals surface area contributed by atoms with Gasteiger partial charge in [0.05, 0.1) is 5.25 Å². The highest BCUT2D eigenvalue weighted by atomic mass is 32.2. The minimum Gasteiger partial charge on any atom is -0.341 e. The Balaban J connectivity index is 1.93. The molecule has 0 aromatic carbocycles. The number of aromatic nitrogens is 2. The zero-order chi connectivity index (χ0) is 13.1. The van der Waals surface area contributed by atoms with Crippen LogP contribution in [0.3, 0.4) is 0 Å². The second-order valence-electron chi connectivity index (χ2n) is 4.18. The van der Waals surface area contributed by atoms with Gasteiger partial charge in [-0.2, -0.15) is 0 Å². The topological polar surface area (TPSA) is 76.0 Å². The summed E-state index contributed by atoms with van der Waals surface area (Å²) in [7, 11) is 1.47. The van der Waals surface area contributed by atoms with Crippen LogP contribution in [-0.2, 0) is 4.79 Å². The zero-order valence-electron chi connectivity index (χ0n) is 10.3. The van der Waals surface area contributed by atoms with Crippen molar-refractivity contribution in [1.29, 1.82) is 0 Å². The predicted octanol–water partition coefficient (Wildman–Crippen LogP) is 1.15. The Morgan fingerprint density at radius 3 is 2.89 bits per heavy atom. The third kappa shape index (κ3) is 3.04. The molecule has 2 rings (SSSR count).